The summed E-state index contributed by atoms with van der Waals surface area (Å²) < 4.78 is 10.6. The van der Waals surface area contributed by atoms with Crippen molar-refractivity contribution in [2.75, 3.05) is 24.8 Å². The lowest BCUT2D eigenvalue weighted by molar-refractivity contribution is 0.0963. The highest BCUT2D eigenvalue weighted by Crippen LogP contribution is 2.37. The maximum atomic E-state index is 12.5. The van der Waals surface area contributed by atoms with Gasteiger partial charge in [-0.3, -0.25) is 4.79 Å². The van der Waals surface area contributed by atoms with Crippen molar-refractivity contribution in [3.63, 3.8) is 0 Å². The number of anilines is 3. The molecule has 4 aromatic rings. The Morgan fingerprint density at radius 1 is 1.19 bits per heavy atom. The van der Waals surface area contributed by atoms with Gasteiger partial charge in [0.25, 0.3) is 11.8 Å². The number of methoxy groups -OCH3 is 1. The van der Waals surface area contributed by atoms with Crippen LogP contribution in [0.2, 0.25) is 0 Å². The van der Waals surface area contributed by atoms with Crippen molar-refractivity contribution in [3.05, 3.63) is 71.2 Å². The first-order valence-corrected chi connectivity index (χ1v) is 10.8. The van der Waals surface area contributed by atoms with Gasteiger partial charge in [-0.2, -0.15) is 15.2 Å². The summed E-state index contributed by atoms with van der Waals surface area (Å²) in [5, 5.41) is 30.9. The molecule has 0 radical (unpaired) electrons. The fraction of sp³-hybridized carbons (Fsp3) is 0.167. The first kappa shape index (κ1) is 24.1. The minimum Gasteiger partial charge on any atom is -0.494 e. The summed E-state index contributed by atoms with van der Waals surface area (Å²) in [5.74, 6) is 0.842. The Labute approximate surface area is 206 Å². The summed E-state index contributed by atoms with van der Waals surface area (Å²) >= 11 is 0. The number of nitrogens with zero attached hydrogens (tertiary/aromatic N) is 5. The highest BCUT2D eigenvalue weighted by Gasteiger charge is 2.19. The van der Waals surface area contributed by atoms with Gasteiger partial charge in [0.2, 0.25) is 11.8 Å². The molecule has 12 heteroatoms. The summed E-state index contributed by atoms with van der Waals surface area (Å²) in [6, 6.07) is 14.4. The Hall–Kier alpha value is -5.02. The molecule has 0 saturated carbocycles. The fourth-order valence-corrected chi connectivity index (χ4v) is 3.33. The Morgan fingerprint density at radius 2 is 2.00 bits per heavy atom. The molecule has 0 bridgehead atoms. The lowest BCUT2D eigenvalue weighted by Gasteiger charge is -2.16. The normalized spacial score (nSPS) is 10.4. The second-order valence-electron chi connectivity index (χ2n) is 7.38. The first-order valence-electron chi connectivity index (χ1n) is 10.8. The largest absolute Gasteiger partial charge is 0.494 e. The van der Waals surface area contributed by atoms with Crippen LogP contribution in [0, 0.1) is 11.3 Å². The first-order chi connectivity index (χ1) is 17.6. The molecule has 0 aliphatic heterocycles. The molecular weight excluding hydrogens is 464 g/mol. The summed E-state index contributed by atoms with van der Waals surface area (Å²) in [6.45, 7) is 0.0240. The highest BCUT2D eigenvalue weighted by molar-refractivity contribution is 5.99. The van der Waals surface area contributed by atoms with Gasteiger partial charge in [-0.25, -0.2) is 4.98 Å². The second kappa shape index (κ2) is 10.9. The van der Waals surface area contributed by atoms with Crippen molar-refractivity contribution in [2.45, 2.75) is 13.2 Å². The summed E-state index contributed by atoms with van der Waals surface area (Å²) in [5.41, 5.74) is 2.73. The van der Waals surface area contributed by atoms with Crippen LogP contribution in [0.5, 0.6) is 5.75 Å². The van der Waals surface area contributed by atoms with Crippen molar-refractivity contribution >= 4 is 23.4 Å². The van der Waals surface area contributed by atoms with Crippen molar-refractivity contribution in [3.8, 4) is 23.2 Å². The maximum absolute atomic E-state index is 12.5. The Morgan fingerprint density at radius 3 is 2.67 bits per heavy atom. The molecule has 0 aliphatic carbocycles. The Kier molecular flexibility index (Phi) is 7.33. The molecule has 0 unspecified atom stereocenters. The topological polar surface area (TPSA) is 171 Å². The molecule has 2 aromatic carbocycles. The van der Waals surface area contributed by atoms with Gasteiger partial charge in [-0.05, 0) is 29.8 Å². The van der Waals surface area contributed by atoms with Crippen LogP contribution in [0.25, 0.3) is 11.4 Å². The second-order valence-corrected chi connectivity index (χ2v) is 7.38. The van der Waals surface area contributed by atoms with E-state index in [0.29, 0.717) is 29.1 Å². The summed E-state index contributed by atoms with van der Waals surface area (Å²) in [4.78, 5) is 25.4. The third-order valence-electron chi connectivity index (χ3n) is 5.11. The third kappa shape index (κ3) is 5.21. The van der Waals surface area contributed by atoms with Gasteiger partial charge >= 0.3 is 0 Å². The van der Waals surface area contributed by atoms with Gasteiger partial charge in [-0.1, -0.05) is 23.4 Å². The molecule has 36 heavy (non-hydrogen) atoms. The molecule has 0 atom stereocenters. The predicted molar refractivity (Wildman–Crippen MR) is 129 cm³/mol. The van der Waals surface area contributed by atoms with Crippen molar-refractivity contribution < 1.29 is 19.2 Å². The number of nitriles is 1. The SMILES string of the molecule is CNC(=O)c1cnc(NCc2ccc(C#N)cc2)nc1Nc1cccc(-c2noc(CO)n2)c1OC. The van der Waals surface area contributed by atoms with Crippen LogP contribution in [-0.2, 0) is 13.2 Å². The highest BCUT2D eigenvalue weighted by atomic mass is 16.5. The van der Waals surface area contributed by atoms with Gasteiger partial charge in [0.15, 0.2) is 5.75 Å². The van der Waals surface area contributed by atoms with Gasteiger partial charge < -0.3 is 30.3 Å². The van der Waals surface area contributed by atoms with Gasteiger partial charge in [0.05, 0.1) is 30.0 Å². The molecule has 0 aliphatic rings. The van der Waals surface area contributed by atoms with Crippen LogP contribution in [0.15, 0.2) is 53.2 Å². The molecule has 0 fully saturated rings. The average molecular weight is 486 g/mol. The van der Waals surface area contributed by atoms with E-state index in [0.717, 1.165) is 5.56 Å². The van der Waals surface area contributed by atoms with Crippen LogP contribution >= 0.6 is 0 Å². The zero-order chi connectivity index (χ0) is 25.5. The molecule has 4 rings (SSSR count). The van der Waals surface area contributed by atoms with E-state index in [-0.39, 0.29) is 41.6 Å². The number of aliphatic hydroxyl groups is 1. The van der Waals surface area contributed by atoms with Crippen LogP contribution in [0.3, 0.4) is 0 Å². The van der Waals surface area contributed by atoms with Crippen LogP contribution < -0.4 is 20.7 Å². The zero-order valence-corrected chi connectivity index (χ0v) is 19.4. The molecular formula is C24H22N8O4. The minimum absolute atomic E-state index is 0.0705. The molecule has 2 aromatic heterocycles. The van der Waals surface area contributed by atoms with Gasteiger partial charge in [0.1, 0.15) is 18.0 Å². The number of benzene rings is 2. The van der Waals surface area contributed by atoms with Crippen molar-refractivity contribution in [1.29, 1.82) is 5.26 Å². The van der Waals surface area contributed by atoms with E-state index in [1.807, 2.05) is 12.1 Å². The van der Waals surface area contributed by atoms with Crippen LogP contribution in [0.4, 0.5) is 17.5 Å². The number of rotatable bonds is 9. The molecule has 0 saturated heterocycles. The van der Waals surface area contributed by atoms with Crippen LogP contribution in [0.1, 0.15) is 27.4 Å². The van der Waals surface area contributed by atoms with E-state index in [1.165, 1.54) is 20.4 Å². The fourth-order valence-electron chi connectivity index (χ4n) is 3.33. The number of aliphatic hydroxyl groups excluding tert-OH is 1. The lowest BCUT2D eigenvalue weighted by atomic mass is 10.1. The molecule has 1 amide bonds. The molecule has 4 N–H and O–H groups in total. The zero-order valence-electron chi connectivity index (χ0n) is 19.4. The lowest BCUT2D eigenvalue weighted by Crippen LogP contribution is -2.20. The molecule has 182 valence electrons. The van der Waals surface area contributed by atoms with Crippen molar-refractivity contribution in [2.24, 2.45) is 0 Å². The number of amides is 1. The molecule has 0 spiro atoms. The quantitative estimate of drug-likeness (QED) is 0.274. The Bertz CT molecular complexity index is 1410. The van der Waals surface area contributed by atoms with E-state index in [4.69, 9.17) is 14.5 Å². The smallest absolute Gasteiger partial charge is 0.256 e. The average Bonchev–Trinajstić information content (AvgIpc) is 3.41. The van der Waals surface area contributed by atoms with E-state index in [9.17, 15) is 9.90 Å². The number of ether oxygens (including phenoxy) is 1. The minimum atomic E-state index is -0.387. The van der Waals surface area contributed by atoms with Crippen LogP contribution in [-0.4, -0.2) is 45.3 Å². The monoisotopic (exact) mass is 486 g/mol. The number of carbonyl (C=O) groups excluding carboxylic acids is 1. The third-order valence-corrected chi connectivity index (χ3v) is 5.11. The van der Waals surface area contributed by atoms with E-state index >= 15 is 0 Å². The number of aromatic nitrogens is 4. The van der Waals surface area contributed by atoms with E-state index < -0.39 is 0 Å². The molecule has 2 heterocycles. The van der Waals surface area contributed by atoms with Gasteiger partial charge in [0, 0.05) is 19.8 Å². The predicted octanol–water partition coefficient (Wildman–Crippen LogP) is 2.61. The van der Waals surface area contributed by atoms with E-state index in [2.05, 4.69) is 42.1 Å². The molecule has 12 nitrogen and oxygen atoms in total. The number of hydrogen-bond acceptors (Lipinski definition) is 11. The standard InChI is InChI=1S/C24H22N8O4/c1-26-23(34)17-12-28-24(27-11-15-8-6-14(10-25)7-9-15)31-21(17)29-18-5-3-4-16(20(18)35-2)22-30-19(13-33)36-32-22/h3-9,12,33H,11,13H2,1-2H3,(H,26,34)(H2,27,28,29,31). The summed E-state index contributed by atoms with van der Waals surface area (Å²) in [6.07, 6.45) is 1.41. The van der Waals surface area contributed by atoms with E-state index in [1.54, 1.807) is 30.3 Å². The van der Waals surface area contributed by atoms with Crippen molar-refractivity contribution in [1.82, 2.24) is 25.4 Å². The number of nitrogens with one attached hydrogen (secondary N) is 3. The number of para-hydroxylation sites is 1. The number of hydrogen-bond donors (Lipinski definition) is 4. The van der Waals surface area contributed by atoms with Gasteiger partial charge in [-0.15, -0.1) is 0 Å². The Balaban J connectivity index is 1.64. The maximum Gasteiger partial charge on any atom is 0.256 e. The number of carbonyl (C=O) groups is 1. The summed E-state index contributed by atoms with van der Waals surface area (Å²) in [7, 11) is 3.00.